The number of hydrazine groups is 1. The van der Waals surface area contributed by atoms with E-state index < -0.39 is 60.1 Å². The number of nitrogens with one attached hydrogen (secondary N) is 1. The molecule has 0 radical (unpaired) electrons. The van der Waals surface area contributed by atoms with Gasteiger partial charge in [0.05, 0.1) is 36.6 Å². The lowest BCUT2D eigenvalue weighted by Gasteiger charge is -2.44. The lowest BCUT2D eigenvalue weighted by atomic mass is 9.83. The van der Waals surface area contributed by atoms with Gasteiger partial charge in [0.2, 0.25) is 11.8 Å². The van der Waals surface area contributed by atoms with Gasteiger partial charge < -0.3 is 29.5 Å². The summed E-state index contributed by atoms with van der Waals surface area (Å²) < 4.78 is 10.3. The molecule has 4 aliphatic heterocycles. The zero-order chi connectivity index (χ0) is 27.7. The molecule has 0 saturated carbocycles. The molecule has 4 rings (SSSR count). The predicted molar refractivity (Wildman–Crippen MR) is 133 cm³/mol. The molecule has 38 heavy (non-hydrogen) atoms. The Labute approximate surface area is 223 Å². The molecule has 0 aromatic rings. The molecule has 1 unspecified atom stereocenters. The SMILES string of the molecule is C=CCOC(=O)N1NC(=O)CC1[C@@H]1C[C@H](SC2=C(C(=O)O)N3C(=O)[C@H]([C@@H](C)O)[C@H]3C2)CN1C(=O)OCC=C. The van der Waals surface area contributed by atoms with E-state index in [2.05, 4.69) is 18.6 Å². The molecule has 13 nitrogen and oxygen atoms in total. The van der Waals surface area contributed by atoms with Crippen LogP contribution in [0.3, 0.4) is 0 Å². The maximum Gasteiger partial charge on any atom is 0.429 e. The smallest absolute Gasteiger partial charge is 0.429 e. The maximum atomic E-state index is 12.9. The van der Waals surface area contributed by atoms with Crippen LogP contribution in [0.25, 0.3) is 0 Å². The Hall–Kier alpha value is -3.52. The maximum absolute atomic E-state index is 12.9. The number of carbonyl (C=O) groups excluding carboxylic acids is 4. The number of rotatable bonds is 9. The Balaban J connectivity index is 1.57. The summed E-state index contributed by atoms with van der Waals surface area (Å²) in [5, 5.41) is 20.6. The van der Waals surface area contributed by atoms with E-state index in [0.717, 1.165) is 5.01 Å². The van der Waals surface area contributed by atoms with Gasteiger partial charge in [-0.3, -0.25) is 15.0 Å². The van der Waals surface area contributed by atoms with E-state index in [-0.39, 0.29) is 43.5 Å². The molecule has 4 aliphatic rings. The third-order valence-corrected chi connectivity index (χ3v) is 8.32. The lowest BCUT2D eigenvalue weighted by molar-refractivity contribution is -0.161. The standard InChI is InChI=1S/C24H30N4O9S/c1-4-6-36-23(34)26-11-13(8-14(26)15-10-18(30)25-28(15)24(35)37-7-5-2)38-17-9-16-19(12(3)29)21(31)27(16)20(17)22(32)33/h4-5,12-16,19,29H,1-2,6-11H2,3H3,(H,25,30)(H,32,33)/t12-,13+,14+,15?,16-,19-/m1/s1. The first kappa shape index (κ1) is 27.5. The van der Waals surface area contributed by atoms with Crippen molar-refractivity contribution >= 4 is 41.7 Å². The van der Waals surface area contributed by atoms with Crippen molar-refractivity contribution in [1.29, 1.82) is 0 Å². The van der Waals surface area contributed by atoms with E-state index in [1.54, 1.807) is 0 Å². The number of aliphatic hydroxyl groups excluding tert-OH is 1. The number of fused-ring (bicyclic) bond motifs is 1. The van der Waals surface area contributed by atoms with Gasteiger partial charge in [0, 0.05) is 23.1 Å². The molecule has 4 amide bonds. The molecule has 14 heteroatoms. The van der Waals surface area contributed by atoms with Crippen molar-refractivity contribution in [2.24, 2.45) is 5.92 Å². The minimum absolute atomic E-state index is 0.0411. The topological polar surface area (TPSA) is 166 Å². The van der Waals surface area contributed by atoms with E-state index in [1.165, 1.54) is 40.6 Å². The second kappa shape index (κ2) is 11.1. The Morgan fingerprint density at radius 1 is 1.11 bits per heavy atom. The normalized spacial score (nSPS) is 29.0. The molecule has 3 fully saturated rings. The van der Waals surface area contributed by atoms with Crippen LogP contribution in [0.1, 0.15) is 26.2 Å². The highest BCUT2D eigenvalue weighted by atomic mass is 32.2. The first-order valence-electron chi connectivity index (χ1n) is 12.1. The van der Waals surface area contributed by atoms with Crippen LogP contribution >= 0.6 is 11.8 Å². The highest BCUT2D eigenvalue weighted by Gasteiger charge is 2.57. The van der Waals surface area contributed by atoms with E-state index in [1.807, 2.05) is 0 Å². The number of likely N-dealkylation sites (tertiary alicyclic amines) is 1. The van der Waals surface area contributed by atoms with E-state index >= 15 is 0 Å². The summed E-state index contributed by atoms with van der Waals surface area (Å²) in [4.78, 5) is 65.5. The number of thioether (sulfide) groups is 1. The molecule has 0 aromatic carbocycles. The molecule has 0 spiro atoms. The molecule has 0 aliphatic carbocycles. The molecule has 3 saturated heterocycles. The average Bonchev–Trinajstić information content (AvgIpc) is 3.54. The quantitative estimate of drug-likeness (QED) is 0.276. The fourth-order valence-electron chi connectivity index (χ4n) is 5.47. The Bertz CT molecular complexity index is 1090. The second-order valence-electron chi connectivity index (χ2n) is 9.43. The summed E-state index contributed by atoms with van der Waals surface area (Å²) in [7, 11) is 0. The van der Waals surface area contributed by atoms with Crippen LogP contribution in [0, 0.1) is 5.92 Å². The van der Waals surface area contributed by atoms with Gasteiger partial charge in [0.15, 0.2) is 0 Å². The third kappa shape index (κ3) is 4.97. The van der Waals surface area contributed by atoms with Crippen LogP contribution in [0.2, 0.25) is 0 Å². The van der Waals surface area contributed by atoms with Crippen LogP contribution in [0.5, 0.6) is 0 Å². The molecule has 3 N–H and O–H groups in total. The molecular formula is C24H30N4O9S. The zero-order valence-corrected chi connectivity index (χ0v) is 21.6. The van der Waals surface area contributed by atoms with Crippen molar-refractivity contribution in [3.8, 4) is 0 Å². The fraction of sp³-hybridized carbons (Fsp3) is 0.542. The van der Waals surface area contributed by atoms with Crippen LogP contribution in [0.15, 0.2) is 35.9 Å². The number of β-lactam (4-membered cyclic amide) rings is 1. The summed E-state index contributed by atoms with van der Waals surface area (Å²) in [5.41, 5.74) is 2.36. The first-order valence-corrected chi connectivity index (χ1v) is 13.0. The summed E-state index contributed by atoms with van der Waals surface area (Å²) in [6.07, 6.45) is 0.952. The fourth-order valence-corrected chi connectivity index (χ4v) is 6.96. The van der Waals surface area contributed by atoms with Crippen LogP contribution in [0.4, 0.5) is 9.59 Å². The molecule has 0 aromatic heterocycles. The summed E-state index contributed by atoms with van der Waals surface area (Å²) >= 11 is 1.25. The van der Waals surface area contributed by atoms with Crippen molar-refractivity contribution in [3.05, 3.63) is 35.9 Å². The Morgan fingerprint density at radius 2 is 1.76 bits per heavy atom. The van der Waals surface area contributed by atoms with E-state index in [9.17, 15) is 34.2 Å². The number of ether oxygens (including phenoxy) is 2. The molecule has 6 atom stereocenters. The number of carboxylic acids is 1. The largest absolute Gasteiger partial charge is 0.477 e. The number of carboxylic acid groups (broad SMARTS) is 1. The average molecular weight is 551 g/mol. The molecule has 0 bridgehead atoms. The van der Waals surface area contributed by atoms with Crippen LogP contribution in [-0.4, -0.2) is 104 Å². The van der Waals surface area contributed by atoms with Gasteiger partial charge >= 0.3 is 18.2 Å². The first-order chi connectivity index (χ1) is 18.1. The third-order valence-electron chi connectivity index (χ3n) is 7.00. The number of hydrogen-bond acceptors (Lipinski definition) is 9. The van der Waals surface area contributed by atoms with Gasteiger partial charge in [-0.25, -0.2) is 19.4 Å². The summed E-state index contributed by atoms with van der Waals surface area (Å²) in [6, 6.07) is -1.83. The highest BCUT2D eigenvalue weighted by Crippen LogP contribution is 2.49. The number of carbonyl (C=O) groups is 5. The number of nitrogens with zero attached hydrogens (tertiary/aromatic N) is 3. The highest BCUT2D eigenvalue weighted by molar-refractivity contribution is 8.03. The molecule has 206 valence electrons. The molecule has 4 heterocycles. The minimum Gasteiger partial charge on any atom is -0.477 e. The Morgan fingerprint density at radius 3 is 2.37 bits per heavy atom. The van der Waals surface area contributed by atoms with Gasteiger partial charge in [-0.05, 0) is 13.3 Å². The van der Waals surface area contributed by atoms with Gasteiger partial charge in [-0.15, -0.1) is 11.8 Å². The van der Waals surface area contributed by atoms with Crippen molar-refractivity contribution in [3.63, 3.8) is 0 Å². The zero-order valence-electron chi connectivity index (χ0n) is 20.8. The van der Waals surface area contributed by atoms with Gasteiger partial charge in [-0.1, -0.05) is 25.3 Å². The van der Waals surface area contributed by atoms with Gasteiger partial charge in [0.25, 0.3) is 0 Å². The number of aliphatic hydroxyl groups is 1. The molecular weight excluding hydrogens is 520 g/mol. The summed E-state index contributed by atoms with van der Waals surface area (Å²) in [5.74, 6) is -2.76. The van der Waals surface area contributed by atoms with E-state index in [4.69, 9.17) is 9.47 Å². The van der Waals surface area contributed by atoms with Crippen LogP contribution < -0.4 is 5.43 Å². The number of amides is 4. The predicted octanol–water partition coefficient (Wildman–Crippen LogP) is 0.821. The van der Waals surface area contributed by atoms with E-state index in [0.29, 0.717) is 11.3 Å². The number of hydrogen-bond donors (Lipinski definition) is 3. The van der Waals surface area contributed by atoms with Crippen LogP contribution in [-0.2, 0) is 23.9 Å². The summed E-state index contributed by atoms with van der Waals surface area (Å²) in [6.45, 7) is 8.58. The lowest BCUT2D eigenvalue weighted by Crippen LogP contribution is -2.61. The van der Waals surface area contributed by atoms with Crippen molar-refractivity contribution < 1.29 is 43.7 Å². The second-order valence-corrected chi connectivity index (χ2v) is 10.8. The van der Waals surface area contributed by atoms with Gasteiger partial charge in [-0.2, -0.15) is 0 Å². The monoisotopic (exact) mass is 550 g/mol. The minimum atomic E-state index is -1.24. The number of aliphatic carboxylic acids is 1. The Kier molecular flexibility index (Phi) is 8.02. The van der Waals surface area contributed by atoms with Gasteiger partial charge in [0.1, 0.15) is 18.9 Å². The van der Waals surface area contributed by atoms with Crippen molar-refractivity contribution in [2.45, 2.75) is 55.7 Å². The van der Waals surface area contributed by atoms with Crippen molar-refractivity contribution in [1.82, 2.24) is 20.2 Å². The van der Waals surface area contributed by atoms with Crippen molar-refractivity contribution in [2.75, 3.05) is 19.8 Å².